The number of hydrogen-bond donors (Lipinski definition) is 1. The summed E-state index contributed by atoms with van der Waals surface area (Å²) >= 11 is 0. The third-order valence-corrected chi connectivity index (χ3v) is 1.06. The highest BCUT2D eigenvalue weighted by atomic mass is 15.3. The fourth-order valence-corrected chi connectivity index (χ4v) is 0.573. The Balaban J connectivity index is 4.01. The van der Waals surface area contributed by atoms with Crippen LogP contribution in [0.1, 0.15) is 20.8 Å². The smallest absolute Gasteiger partial charge is 0.0630 e. The molecular weight excluding hydrogens is 114 g/mol. The summed E-state index contributed by atoms with van der Waals surface area (Å²) in [5, 5.41) is 6.89. The molecule has 3 nitrogen and oxygen atoms in total. The van der Waals surface area contributed by atoms with E-state index in [0.717, 1.165) is 5.70 Å². The van der Waals surface area contributed by atoms with Gasteiger partial charge in [0, 0.05) is 0 Å². The van der Waals surface area contributed by atoms with Gasteiger partial charge in [-0.3, -0.25) is 0 Å². The first-order valence-corrected chi connectivity index (χ1v) is 2.99. The molecule has 0 heterocycles. The van der Waals surface area contributed by atoms with E-state index in [-0.39, 0.29) is 0 Å². The van der Waals surface area contributed by atoms with E-state index in [1.165, 1.54) is 0 Å². The van der Waals surface area contributed by atoms with Crippen LogP contribution in [0, 0.1) is 5.92 Å². The average molecular weight is 127 g/mol. The van der Waals surface area contributed by atoms with Crippen LogP contribution in [0.15, 0.2) is 22.1 Å². The van der Waals surface area contributed by atoms with Gasteiger partial charge in [-0.25, -0.2) is 0 Å². The van der Waals surface area contributed by atoms with Crippen LogP contribution in [0.2, 0.25) is 0 Å². The summed E-state index contributed by atoms with van der Waals surface area (Å²) in [6.07, 6.45) is 1.90. The summed E-state index contributed by atoms with van der Waals surface area (Å²) in [4.78, 5) is 0. The third kappa shape index (κ3) is 2.85. The van der Waals surface area contributed by atoms with Gasteiger partial charge in [-0.05, 0) is 12.8 Å². The van der Waals surface area contributed by atoms with Gasteiger partial charge in [-0.15, -0.1) is 5.11 Å². The number of hydrogen-bond acceptors (Lipinski definition) is 2. The molecule has 0 aromatic rings. The monoisotopic (exact) mass is 127 g/mol. The molecule has 0 unspecified atom stereocenters. The van der Waals surface area contributed by atoms with Crippen molar-refractivity contribution in [3.63, 3.8) is 0 Å². The van der Waals surface area contributed by atoms with E-state index in [2.05, 4.69) is 10.3 Å². The maximum atomic E-state index is 4.86. The van der Waals surface area contributed by atoms with Crippen molar-refractivity contribution in [2.75, 3.05) is 0 Å². The van der Waals surface area contributed by atoms with Crippen molar-refractivity contribution in [3.8, 4) is 0 Å². The Morgan fingerprint density at radius 3 is 2.22 bits per heavy atom. The molecule has 3 heteroatoms. The second kappa shape index (κ2) is 4.06. The number of rotatable bonds is 2. The van der Waals surface area contributed by atoms with Gasteiger partial charge in [-0.1, -0.05) is 25.1 Å². The number of allylic oxidation sites excluding steroid dienone is 2. The number of nitrogens with two attached hydrogens (primary N) is 1. The Morgan fingerprint density at radius 2 is 2.11 bits per heavy atom. The van der Waals surface area contributed by atoms with Crippen LogP contribution in [0.3, 0.4) is 0 Å². The lowest BCUT2D eigenvalue weighted by Gasteiger charge is -2.00. The van der Waals surface area contributed by atoms with Crippen LogP contribution in [0.4, 0.5) is 0 Å². The molecule has 0 saturated carbocycles. The minimum absolute atomic E-state index is 0.405. The molecule has 9 heavy (non-hydrogen) atoms. The molecule has 0 aliphatic rings. The van der Waals surface area contributed by atoms with Crippen molar-refractivity contribution in [2.24, 2.45) is 22.1 Å². The fourth-order valence-electron chi connectivity index (χ4n) is 0.573. The third-order valence-electron chi connectivity index (χ3n) is 1.06. The van der Waals surface area contributed by atoms with Crippen LogP contribution in [-0.4, -0.2) is 0 Å². The molecular formula is C6H13N3. The van der Waals surface area contributed by atoms with Gasteiger partial charge in [0.05, 0.1) is 5.70 Å². The first kappa shape index (κ1) is 8.14. The van der Waals surface area contributed by atoms with E-state index in [4.69, 9.17) is 5.84 Å². The maximum absolute atomic E-state index is 4.86. The molecule has 0 amide bonds. The minimum atomic E-state index is 0.405. The van der Waals surface area contributed by atoms with Gasteiger partial charge in [0.1, 0.15) is 0 Å². The van der Waals surface area contributed by atoms with Gasteiger partial charge >= 0.3 is 0 Å². The van der Waals surface area contributed by atoms with Crippen LogP contribution in [0.5, 0.6) is 0 Å². The highest BCUT2D eigenvalue weighted by Gasteiger charge is 1.97. The Kier molecular flexibility index (Phi) is 3.67. The molecule has 0 aliphatic heterocycles. The maximum Gasteiger partial charge on any atom is 0.0630 e. The SMILES string of the molecule is C/C=C(\N=NN)C(C)C. The van der Waals surface area contributed by atoms with Gasteiger partial charge in [0.15, 0.2) is 0 Å². The summed E-state index contributed by atoms with van der Waals surface area (Å²) < 4.78 is 0. The summed E-state index contributed by atoms with van der Waals surface area (Å²) in [6.45, 7) is 6.01. The Morgan fingerprint density at radius 1 is 1.56 bits per heavy atom. The van der Waals surface area contributed by atoms with Crippen molar-refractivity contribution in [1.29, 1.82) is 0 Å². The highest BCUT2D eigenvalue weighted by molar-refractivity contribution is 4.99. The first-order chi connectivity index (χ1) is 4.22. The standard InChI is InChI=1S/C6H13N3/c1-4-6(5(2)3)8-9-7/h4-5H,1-3H3,(H2,7,8)/b6-4-. The zero-order valence-electron chi connectivity index (χ0n) is 6.13. The lowest BCUT2D eigenvalue weighted by Crippen LogP contribution is -1.90. The molecule has 52 valence electrons. The van der Waals surface area contributed by atoms with E-state index in [1.54, 1.807) is 0 Å². The average Bonchev–Trinajstić information content (AvgIpc) is 1.82. The van der Waals surface area contributed by atoms with Crippen LogP contribution in [0.25, 0.3) is 0 Å². The molecule has 0 fully saturated rings. The Bertz CT molecular complexity index is 124. The van der Waals surface area contributed by atoms with Gasteiger partial charge in [0.2, 0.25) is 0 Å². The van der Waals surface area contributed by atoms with E-state index < -0.39 is 0 Å². The highest BCUT2D eigenvalue weighted by Crippen LogP contribution is 2.09. The predicted molar refractivity (Wildman–Crippen MR) is 37.6 cm³/mol. The van der Waals surface area contributed by atoms with Crippen molar-refractivity contribution < 1.29 is 0 Å². The molecule has 0 spiro atoms. The molecule has 0 aromatic carbocycles. The summed E-state index contributed by atoms with van der Waals surface area (Å²) in [5.41, 5.74) is 0.928. The van der Waals surface area contributed by atoms with E-state index in [9.17, 15) is 0 Å². The van der Waals surface area contributed by atoms with Crippen molar-refractivity contribution in [1.82, 2.24) is 0 Å². The lowest BCUT2D eigenvalue weighted by atomic mass is 10.1. The van der Waals surface area contributed by atoms with E-state index >= 15 is 0 Å². The molecule has 2 N–H and O–H groups in total. The quantitative estimate of drug-likeness (QED) is 0.343. The van der Waals surface area contributed by atoms with Crippen LogP contribution in [-0.2, 0) is 0 Å². The predicted octanol–water partition coefficient (Wildman–Crippen LogP) is 1.87. The summed E-state index contributed by atoms with van der Waals surface area (Å²) in [7, 11) is 0. The van der Waals surface area contributed by atoms with Gasteiger partial charge in [0.25, 0.3) is 0 Å². The second-order valence-corrected chi connectivity index (χ2v) is 2.08. The largest absolute Gasteiger partial charge is 0.305 e. The molecule has 0 rings (SSSR count). The Labute approximate surface area is 55.6 Å². The van der Waals surface area contributed by atoms with Gasteiger partial charge < -0.3 is 5.84 Å². The molecule has 0 aliphatic carbocycles. The zero-order valence-corrected chi connectivity index (χ0v) is 6.13. The topological polar surface area (TPSA) is 50.7 Å². The molecule has 0 atom stereocenters. The van der Waals surface area contributed by atoms with E-state index in [1.807, 2.05) is 26.8 Å². The summed E-state index contributed by atoms with van der Waals surface area (Å²) in [6, 6.07) is 0. The minimum Gasteiger partial charge on any atom is -0.305 e. The molecule has 0 radical (unpaired) electrons. The van der Waals surface area contributed by atoms with Crippen LogP contribution < -0.4 is 5.84 Å². The van der Waals surface area contributed by atoms with Crippen molar-refractivity contribution in [3.05, 3.63) is 11.8 Å². The first-order valence-electron chi connectivity index (χ1n) is 2.99. The normalized spacial score (nSPS) is 13.6. The fraction of sp³-hybridized carbons (Fsp3) is 0.667. The molecule has 0 aromatic heterocycles. The Hall–Kier alpha value is -0.860. The number of nitrogens with zero attached hydrogens (tertiary/aromatic N) is 2. The molecule has 0 bridgehead atoms. The molecule has 0 saturated heterocycles. The van der Waals surface area contributed by atoms with E-state index in [0.29, 0.717) is 5.92 Å². The lowest BCUT2D eigenvalue weighted by molar-refractivity contribution is 0.731. The van der Waals surface area contributed by atoms with Gasteiger partial charge in [-0.2, -0.15) is 0 Å². The summed E-state index contributed by atoms with van der Waals surface area (Å²) in [5.74, 6) is 5.27. The van der Waals surface area contributed by atoms with Crippen molar-refractivity contribution in [2.45, 2.75) is 20.8 Å². The second-order valence-electron chi connectivity index (χ2n) is 2.08. The zero-order chi connectivity index (χ0) is 7.28. The van der Waals surface area contributed by atoms with Crippen LogP contribution >= 0.6 is 0 Å². The van der Waals surface area contributed by atoms with Crippen molar-refractivity contribution >= 4 is 0 Å².